The van der Waals surface area contributed by atoms with Crippen LogP contribution < -0.4 is 10.2 Å². The Balaban J connectivity index is 2.14. The maximum Gasteiger partial charge on any atom is 0.510 e. The quantitative estimate of drug-likeness (QED) is 0.811. The number of carbonyl (C=O) groups is 2. The van der Waals surface area contributed by atoms with Gasteiger partial charge < -0.3 is 9.47 Å². The van der Waals surface area contributed by atoms with E-state index in [1.165, 1.54) is 12.0 Å². The molecular formula is C12H14N2O4. The van der Waals surface area contributed by atoms with Crippen molar-refractivity contribution >= 4 is 17.9 Å². The first-order valence-electron chi connectivity index (χ1n) is 5.46. The normalized spacial score (nSPS) is 22.6. The van der Waals surface area contributed by atoms with Gasteiger partial charge in [0.05, 0.1) is 13.7 Å². The lowest BCUT2D eigenvalue weighted by Gasteiger charge is -2.22. The molecule has 1 aromatic carbocycles. The number of ether oxygens (including phenoxy) is 2. The summed E-state index contributed by atoms with van der Waals surface area (Å²) >= 11 is 0. The second-order valence-corrected chi connectivity index (χ2v) is 4.14. The lowest BCUT2D eigenvalue weighted by molar-refractivity contribution is -0.0149. The van der Waals surface area contributed by atoms with E-state index in [0.717, 1.165) is 5.69 Å². The third-order valence-corrected chi connectivity index (χ3v) is 2.62. The van der Waals surface area contributed by atoms with E-state index in [9.17, 15) is 9.59 Å². The van der Waals surface area contributed by atoms with Gasteiger partial charge in [0.2, 0.25) is 5.72 Å². The number of para-hydroxylation sites is 1. The summed E-state index contributed by atoms with van der Waals surface area (Å²) in [5.41, 5.74) is -0.341. The van der Waals surface area contributed by atoms with Crippen molar-refractivity contribution in [2.24, 2.45) is 0 Å². The van der Waals surface area contributed by atoms with E-state index in [1.54, 1.807) is 6.92 Å². The average Bonchev–Trinajstić information content (AvgIpc) is 2.65. The molecule has 6 heteroatoms. The molecule has 1 aromatic rings. The van der Waals surface area contributed by atoms with Gasteiger partial charge in [-0.15, -0.1) is 0 Å². The molecule has 0 aliphatic carbocycles. The highest BCUT2D eigenvalue weighted by Gasteiger charge is 2.42. The van der Waals surface area contributed by atoms with Crippen molar-refractivity contribution < 1.29 is 19.1 Å². The molecular weight excluding hydrogens is 236 g/mol. The summed E-state index contributed by atoms with van der Waals surface area (Å²) in [6, 6.07) is 8.83. The maximum atomic E-state index is 11.8. The number of rotatable bonds is 2. The third-order valence-electron chi connectivity index (χ3n) is 2.62. The fourth-order valence-corrected chi connectivity index (χ4v) is 1.81. The maximum absolute atomic E-state index is 11.8. The first-order chi connectivity index (χ1) is 8.54. The molecule has 0 aromatic heterocycles. The van der Waals surface area contributed by atoms with E-state index in [0.29, 0.717) is 0 Å². The van der Waals surface area contributed by atoms with Crippen LogP contribution in [0.25, 0.3) is 0 Å². The minimum absolute atomic E-state index is 0.227. The van der Waals surface area contributed by atoms with E-state index in [1.807, 2.05) is 30.3 Å². The van der Waals surface area contributed by atoms with Crippen molar-refractivity contribution in [3.8, 4) is 0 Å². The van der Waals surface area contributed by atoms with Crippen LogP contribution >= 0.6 is 0 Å². The Bertz CT molecular complexity index is 462. The largest absolute Gasteiger partial charge is 0.510 e. The van der Waals surface area contributed by atoms with Crippen molar-refractivity contribution in [2.45, 2.75) is 12.6 Å². The number of nitrogens with one attached hydrogen (secondary N) is 1. The number of benzene rings is 1. The number of anilines is 1. The van der Waals surface area contributed by atoms with Crippen molar-refractivity contribution in [3.05, 3.63) is 30.3 Å². The standard InChI is InChI=1S/C12H14N2O4/c1-12(18-11(16)17-2)8-14(10(15)13-12)9-6-4-3-5-7-9/h3-7H,8H2,1-2H3,(H,13,15). The molecule has 2 rings (SSSR count). The molecule has 0 bridgehead atoms. The van der Waals surface area contributed by atoms with Crippen LogP contribution in [0.15, 0.2) is 30.3 Å². The number of urea groups is 1. The Kier molecular flexibility index (Phi) is 3.10. The third kappa shape index (κ3) is 2.37. The predicted octanol–water partition coefficient (Wildman–Crippen LogP) is 1.72. The van der Waals surface area contributed by atoms with Crippen LogP contribution in [0.1, 0.15) is 6.92 Å². The van der Waals surface area contributed by atoms with Crippen molar-refractivity contribution in [2.75, 3.05) is 18.6 Å². The molecule has 0 radical (unpaired) electrons. The summed E-state index contributed by atoms with van der Waals surface area (Å²) in [7, 11) is 1.22. The second kappa shape index (κ2) is 4.56. The molecule has 6 nitrogen and oxygen atoms in total. The van der Waals surface area contributed by atoms with Gasteiger partial charge in [0.1, 0.15) is 0 Å². The summed E-state index contributed by atoms with van der Waals surface area (Å²) in [6.07, 6.45) is -0.826. The van der Waals surface area contributed by atoms with E-state index in [2.05, 4.69) is 10.1 Å². The summed E-state index contributed by atoms with van der Waals surface area (Å²) in [5.74, 6) is 0. The van der Waals surface area contributed by atoms with E-state index in [4.69, 9.17) is 4.74 Å². The molecule has 1 saturated heterocycles. The number of nitrogens with zero attached hydrogens (tertiary/aromatic N) is 1. The Morgan fingerprint density at radius 1 is 1.39 bits per heavy atom. The fourth-order valence-electron chi connectivity index (χ4n) is 1.81. The number of hydrogen-bond donors (Lipinski definition) is 1. The van der Waals surface area contributed by atoms with Gasteiger partial charge in [0, 0.05) is 5.69 Å². The molecule has 1 heterocycles. The van der Waals surface area contributed by atoms with Crippen LogP contribution in [0.5, 0.6) is 0 Å². The lowest BCUT2D eigenvalue weighted by atomic mass is 10.2. The van der Waals surface area contributed by atoms with E-state index >= 15 is 0 Å². The minimum Gasteiger partial charge on any atom is -0.438 e. The molecule has 1 atom stereocenters. The number of hydrogen-bond acceptors (Lipinski definition) is 4. The van der Waals surface area contributed by atoms with Gasteiger partial charge in [-0.1, -0.05) is 18.2 Å². The molecule has 18 heavy (non-hydrogen) atoms. The first-order valence-corrected chi connectivity index (χ1v) is 5.46. The molecule has 1 unspecified atom stereocenters. The van der Waals surface area contributed by atoms with Gasteiger partial charge in [-0.3, -0.25) is 10.2 Å². The van der Waals surface area contributed by atoms with E-state index < -0.39 is 11.9 Å². The van der Waals surface area contributed by atoms with Crippen LogP contribution in [-0.4, -0.2) is 31.6 Å². The minimum atomic E-state index is -1.08. The topological polar surface area (TPSA) is 67.9 Å². The SMILES string of the molecule is COC(=O)OC1(C)CN(c2ccccc2)C(=O)N1. The molecule has 96 valence electrons. The highest BCUT2D eigenvalue weighted by Crippen LogP contribution is 2.23. The molecule has 1 aliphatic heterocycles. The van der Waals surface area contributed by atoms with E-state index in [-0.39, 0.29) is 12.6 Å². The van der Waals surface area contributed by atoms with Crippen molar-refractivity contribution in [3.63, 3.8) is 0 Å². The van der Waals surface area contributed by atoms with Crippen LogP contribution in [-0.2, 0) is 9.47 Å². The van der Waals surface area contributed by atoms with Gasteiger partial charge in [-0.2, -0.15) is 0 Å². The van der Waals surface area contributed by atoms with Gasteiger partial charge in [0.25, 0.3) is 0 Å². The molecule has 1 fully saturated rings. The zero-order valence-electron chi connectivity index (χ0n) is 10.2. The van der Waals surface area contributed by atoms with Gasteiger partial charge >= 0.3 is 12.2 Å². The van der Waals surface area contributed by atoms with Gasteiger partial charge in [0.15, 0.2) is 0 Å². The predicted molar refractivity (Wildman–Crippen MR) is 64.2 cm³/mol. The number of amides is 2. The zero-order chi connectivity index (χ0) is 13.2. The average molecular weight is 250 g/mol. The second-order valence-electron chi connectivity index (χ2n) is 4.14. The smallest absolute Gasteiger partial charge is 0.438 e. The zero-order valence-corrected chi connectivity index (χ0v) is 10.2. The monoisotopic (exact) mass is 250 g/mol. The Morgan fingerprint density at radius 2 is 2.06 bits per heavy atom. The number of carbonyl (C=O) groups excluding carboxylic acids is 2. The first kappa shape index (κ1) is 12.2. The van der Waals surface area contributed by atoms with Crippen LogP contribution in [0, 0.1) is 0 Å². The van der Waals surface area contributed by atoms with Crippen LogP contribution in [0.2, 0.25) is 0 Å². The van der Waals surface area contributed by atoms with Crippen molar-refractivity contribution in [1.29, 1.82) is 0 Å². The Hall–Kier alpha value is -2.24. The molecule has 1 aliphatic rings. The molecule has 0 spiro atoms. The Morgan fingerprint density at radius 3 is 2.67 bits per heavy atom. The van der Waals surface area contributed by atoms with Gasteiger partial charge in [-0.25, -0.2) is 9.59 Å². The summed E-state index contributed by atoms with van der Waals surface area (Å²) in [4.78, 5) is 24.5. The molecule has 0 saturated carbocycles. The highest BCUT2D eigenvalue weighted by atomic mass is 16.7. The van der Waals surface area contributed by atoms with Crippen molar-refractivity contribution in [1.82, 2.24) is 5.32 Å². The lowest BCUT2D eigenvalue weighted by Crippen LogP contribution is -2.44. The molecule has 2 amide bonds. The van der Waals surface area contributed by atoms with Crippen LogP contribution in [0.4, 0.5) is 15.3 Å². The van der Waals surface area contributed by atoms with Gasteiger partial charge in [-0.05, 0) is 19.1 Å². The summed E-state index contributed by atoms with van der Waals surface area (Å²) in [5, 5.41) is 2.61. The highest BCUT2D eigenvalue weighted by molar-refractivity contribution is 5.95. The fraction of sp³-hybridized carbons (Fsp3) is 0.333. The summed E-state index contributed by atoms with van der Waals surface area (Å²) in [6.45, 7) is 1.84. The van der Waals surface area contributed by atoms with Crippen LogP contribution in [0.3, 0.4) is 0 Å². The molecule has 1 N–H and O–H groups in total. The number of methoxy groups -OCH3 is 1. The Labute approximate surface area is 104 Å². The summed E-state index contributed by atoms with van der Waals surface area (Å²) < 4.78 is 9.46.